The van der Waals surface area contributed by atoms with Crippen LogP contribution in [0.3, 0.4) is 0 Å². The van der Waals surface area contributed by atoms with Crippen molar-refractivity contribution in [3.63, 3.8) is 0 Å². The summed E-state index contributed by atoms with van der Waals surface area (Å²) in [6, 6.07) is 3.74. The van der Waals surface area contributed by atoms with Crippen LogP contribution in [0.1, 0.15) is 22.9 Å². The predicted molar refractivity (Wildman–Crippen MR) is 78.3 cm³/mol. The van der Waals surface area contributed by atoms with Crippen LogP contribution in [0.25, 0.3) is 0 Å². The minimum Gasteiger partial charge on any atom is -0.256 e. The van der Waals surface area contributed by atoms with Gasteiger partial charge in [0.1, 0.15) is 0 Å². The fourth-order valence-corrected chi connectivity index (χ4v) is 2.56. The second-order valence-corrected chi connectivity index (χ2v) is 5.51. The molecule has 0 aliphatic carbocycles. The molecule has 0 saturated heterocycles. The molecule has 1 unspecified atom stereocenters. The van der Waals surface area contributed by atoms with E-state index in [0.29, 0.717) is 17.3 Å². The molecule has 1 heterocycles. The molecule has 2 rings (SSSR count). The van der Waals surface area contributed by atoms with Gasteiger partial charge in [-0.05, 0) is 18.2 Å². The van der Waals surface area contributed by atoms with Gasteiger partial charge in [-0.15, -0.1) is 4.91 Å². The number of nitroso groups, excluding NO2 is 1. The molecule has 0 saturated carbocycles. The molecule has 0 fully saturated rings. The highest BCUT2D eigenvalue weighted by Crippen LogP contribution is 2.37. The largest absolute Gasteiger partial charge is 0.417 e. The summed E-state index contributed by atoms with van der Waals surface area (Å²) in [7, 11) is 0. The Hall–Kier alpha value is -1.37. The van der Waals surface area contributed by atoms with Crippen molar-refractivity contribution < 1.29 is 13.2 Å². The van der Waals surface area contributed by atoms with Crippen molar-refractivity contribution in [2.24, 2.45) is 5.18 Å². The molecule has 0 N–H and O–H groups in total. The fraction of sp³-hybridized carbons (Fsp3) is 0.154. The second kappa shape index (κ2) is 6.40. The van der Waals surface area contributed by atoms with Gasteiger partial charge in [-0.25, -0.2) is 0 Å². The van der Waals surface area contributed by atoms with Crippen LogP contribution in [0.2, 0.25) is 15.1 Å². The number of halogens is 6. The van der Waals surface area contributed by atoms with Crippen molar-refractivity contribution in [3.8, 4) is 0 Å². The summed E-state index contributed by atoms with van der Waals surface area (Å²) in [5.41, 5.74) is -0.891. The maximum Gasteiger partial charge on any atom is 0.417 e. The maximum atomic E-state index is 12.6. The maximum absolute atomic E-state index is 12.6. The lowest BCUT2D eigenvalue weighted by Crippen LogP contribution is -2.08. The third-order valence-electron chi connectivity index (χ3n) is 2.82. The molecule has 1 atom stereocenters. The molecular formula is C13H6Cl3F3N2O. The van der Waals surface area contributed by atoms with E-state index in [1.807, 2.05) is 0 Å². The average Bonchev–Trinajstić information content (AvgIpc) is 2.42. The van der Waals surface area contributed by atoms with Crippen LogP contribution in [0.15, 0.2) is 35.6 Å². The Labute approximate surface area is 138 Å². The molecule has 0 spiro atoms. The van der Waals surface area contributed by atoms with E-state index in [1.54, 1.807) is 0 Å². The molecule has 0 amide bonds. The molecular weight excluding hydrogens is 364 g/mol. The van der Waals surface area contributed by atoms with Crippen molar-refractivity contribution in [1.82, 2.24) is 4.98 Å². The van der Waals surface area contributed by atoms with Crippen molar-refractivity contribution in [3.05, 3.63) is 67.3 Å². The van der Waals surface area contributed by atoms with E-state index in [2.05, 4.69) is 10.2 Å². The fourth-order valence-electron chi connectivity index (χ4n) is 1.78. The lowest BCUT2D eigenvalue weighted by Gasteiger charge is -2.14. The molecule has 1 aromatic heterocycles. The zero-order chi connectivity index (χ0) is 16.5. The highest BCUT2D eigenvalue weighted by atomic mass is 35.5. The summed E-state index contributed by atoms with van der Waals surface area (Å²) in [5.74, 6) is 0. The van der Waals surface area contributed by atoms with E-state index in [9.17, 15) is 18.1 Å². The summed E-state index contributed by atoms with van der Waals surface area (Å²) >= 11 is 17.5. The molecule has 0 aliphatic rings. The summed E-state index contributed by atoms with van der Waals surface area (Å²) in [6.45, 7) is 0. The molecule has 0 radical (unpaired) electrons. The van der Waals surface area contributed by atoms with E-state index in [1.165, 1.54) is 18.2 Å². The standard InChI is InChI=1S/C13H6Cl3F3N2O/c14-7-1-2-8(9(15)4-7)11(21-22)12-10(16)3-6(5-20-12)13(17,18)19/h1-5,11H. The Morgan fingerprint density at radius 1 is 1.09 bits per heavy atom. The Morgan fingerprint density at radius 3 is 2.27 bits per heavy atom. The molecule has 0 aliphatic heterocycles. The Balaban J connectivity index is 2.50. The second-order valence-electron chi connectivity index (χ2n) is 4.26. The monoisotopic (exact) mass is 368 g/mol. The minimum absolute atomic E-state index is 0.117. The number of rotatable bonds is 3. The van der Waals surface area contributed by atoms with E-state index in [4.69, 9.17) is 34.8 Å². The zero-order valence-electron chi connectivity index (χ0n) is 10.5. The smallest absolute Gasteiger partial charge is 0.256 e. The molecule has 116 valence electrons. The van der Waals surface area contributed by atoms with Crippen molar-refractivity contribution >= 4 is 34.8 Å². The Morgan fingerprint density at radius 2 is 1.77 bits per heavy atom. The van der Waals surface area contributed by atoms with Crippen molar-refractivity contribution in [1.29, 1.82) is 0 Å². The van der Waals surface area contributed by atoms with Crippen LogP contribution in [0, 0.1) is 4.91 Å². The van der Waals surface area contributed by atoms with E-state index in [-0.39, 0.29) is 21.3 Å². The number of aromatic nitrogens is 1. The van der Waals surface area contributed by atoms with Crippen LogP contribution >= 0.6 is 34.8 Å². The third-order valence-corrected chi connectivity index (χ3v) is 3.68. The van der Waals surface area contributed by atoms with Crippen LogP contribution in [-0.2, 0) is 6.18 Å². The van der Waals surface area contributed by atoms with Gasteiger partial charge in [-0.2, -0.15) is 13.2 Å². The van der Waals surface area contributed by atoms with Gasteiger partial charge < -0.3 is 0 Å². The Bertz CT molecular complexity index is 722. The average molecular weight is 370 g/mol. The van der Waals surface area contributed by atoms with Crippen LogP contribution in [0.5, 0.6) is 0 Å². The highest BCUT2D eigenvalue weighted by Gasteiger charge is 2.32. The first-order chi connectivity index (χ1) is 10.2. The first kappa shape index (κ1) is 17.0. The summed E-state index contributed by atoms with van der Waals surface area (Å²) in [4.78, 5) is 14.7. The summed E-state index contributed by atoms with van der Waals surface area (Å²) in [5, 5.41) is 3.01. The number of pyridine rings is 1. The number of hydrogen-bond donors (Lipinski definition) is 0. The first-order valence-corrected chi connectivity index (χ1v) is 6.87. The quantitative estimate of drug-likeness (QED) is 0.631. The molecule has 1 aromatic carbocycles. The highest BCUT2D eigenvalue weighted by molar-refractivity contribution is 6.35. The van der Waals surface area contributed by atoms with Crippen molar-refractivity contribution in [2.75, 3.05) is 0 Å². The number of nitrogens with zero attached hydrogens (tertiary/aromatic N) is 2. The van der Waals surface area contributed by atoms with Gasteiger partial charge in [0, 0.05) is 21.8 Å². The van der Waals surface area contributed by atoms with Gasteiger partial charge in [0.15, 0.2) is 6.04 Å². The molecule has 0 bridgehead atoms. The zero-order valence-corrected chi connectivity index (χ0v) is 12.8. The van der Waals surface area contributed by atoms with Crippen LogP contribution in [0.4, 0.5) is 13.2 Å². The first-order valence-electron chi connectivity index (χ1n) is 5.74. The lowest BCUT2D eigenvalue weighted by atomic mass is 10.0. The molecule has 2 aromatic rings. The van der Waals surface area contributed by atoms with E-state index >= 15 is 0 Å². The molecule has 9 heteroatoms. The van der Waals surface area contributed by atoms with E-state index < -0.39 is 17.8 Å². The predicted octanol–water partition coefficient (Wildman–Crippen LogP) is 5.92. The number of hydrogen-bond acceptors (Lipinski definition) is 3. The van der Waals surface area contributed by atoms with E-state index in [0.717, 1.165) is 0 Å². The molecule has 3 nitrogen and oxygen atoms in total. The normalized spacial score (nSPS) is 13.0. The van der Waals surface area contributed by atoms with Gasteiger partial charge in [0.25, 0.3) is 0 Å². The Kier molecular flexibility index (Phi) is 4.94. The van der Waals surface area contributed by atoms with Gasteiger partial charge in [-0.3, -0.25) is 4.98 Å². The number of benzene rings is 1. The van der Waals surface area contributed by atoms with Crippen molar-refractivity contribution in [2.45, 2.75) is 12.2 Å². The van der Waals surface area contributed by atoms with Gasteiger partial charge in [0.05, 0.1) is 16.3 Å². The SMILES string of the molecule is O=NC(c1ccc(Cl)cc1Cl)c1ncc(C(F)(F)F)cc1Cl. The van der Waals surface area contributed by atoms with Gasteiger partial charge >= 0.3 is 6.18 Å². The minimum atomic E-state index is -4.59. The van der Waals surface area contributed by atoms with Crippen LogP contribution < -0.4 is 0 Å². The number of alkyl halides is 3. The van der Waals surface area contributed by atoms with Gasteiger partial charge in [-0.1, -0.05) is 46.0 Å². The lowest BCUT2D eigenvalue weighted by molar-refractivity contribution is -0.137. The summed E-state index contributed by atoms with van der Waals surface area (Å²) in [6.07, 6.45) is -4.00. The topological polar surface area (TPSA) is 42.3 Å². The van der Waals surface area contributed by atoms with Gasteiger partial charge in [0.2, 0.25) is 0 Å². The molecule has 22 heavy (non-hydrogen) atoms. The van der Waals surface area contributed by atoms with Crippen LogP contribution in [-0.4, -0.2) is 4.98 Å². The third kappa shape index (κ3) is 3.51. The summed E-state index contributed by atoms with van der Waals surface area (Å²) < 4.78 is 37.8.